The van der Waals surface area contributed by atoms with E-state index in [-0.39, 0.29) is 12.5 Å². The highest BCUT2D eigenvalue weighted by molar-refractivity contribution is 5.92. The maximum atomic E-state index is 11.7. The Morgan fingerprint density at radius 1 is 1.29 bits per heavy atom. The van der Waals surface area contributed by atoms with E-state index in [0.717, 1.165) is 5.69 Å². The summed E-state index contributed by atoms with van der Waals surface area (Å²) >= 11 is 0. The van der Waals surface area contributed by atoms with Gasteiger partial charge in [0, 0.05) is 25.8 Å². The minimum absolute atomic E-state index is 0.0383. The molecule has 0 aliphatic rings. The van der Waals surface area contributed by atoms with E-state index in [1.54, 1.807) is 11.9 Å². The molecule has 0 heterocycles. The monoisotopic (exact) mass is 235 g/mol. The Balaban J connectivity index is 2.69. The van der Waals surface area contributed by atoms with Gasteiger partial charge in [0.1, 0.15) is 0 Å². The second-order valence-corrected chi connectivity index (χ2v) is 4.53. The molecule has 0 atom stereocenters. The first-order valence-corrected chi connectivity index (χ1v) is 6.03. The van der Waals surface area contributed by atoms with Crippen molar-refractivity contribution < 1.29 is 9.90 Å². The molecule has 1 amide bonds. The van der Waals surface area contributed by atoms with E-state index < -0.39 is 0 Å². The fraction of sp³-hybridized carbons (Fsp3) is 0.500. The SMILES string of the molecule is CC(C)c1ccc(N(C)C(=O)CCCO)cc1. The molecule has 0 saturated heterocycles. The van der Waals surface area contributed by atoms with Crippen LogP contribution in [0.3, 0.4) is 0 Å². The topological polar surface area (TPSA) is 40.5 Å². The van der Waals surface area contributed by atoms with Gasteiger partial charge < -0.3 is 10.0 Å². The van der Waals surface area contributed by atoms with Crippen LogP contribution in [0.1, 0.15) is 38.2 Å². The highest BCUT2D eigenvalue weighted by Gasteiger charge is 2.10. The number of amides is 1. The van der Waals surface area contributed by atoms with Crippen LogP contribution in [0.25, 0.3) is 0 Å². The Labute approximate surface area is 103 Å². The summed E-state index contributed by atoms with van der Waals surface area (Å²) in [5.74, 6) is 0.538. The predicted molar refractivity (Wildman–Crippen MR) is 70.3 cm³/mol. The second-order valence-electron chi connectivity index (χ2n) is 4.53. The van der Waals surface area contributed by atoms with E-state index in [4.69, 9.17) is 5.11 Å². The quantitative estimate of drug-likeness (QED) is 0.852. The van der Waals surface area contributed by atoms with Crippen molar-refractivity contribution in [3.8, 4) is 0 Å². The van der Waals surface area contributed by atoms with Gasteiger partial charge >= 0.3 is 0 Å². The van der Waals surface area contributed by atoms with Gasteiger partial charge in [-0.2, -0.15) is 0 Å². The van der Waals surface area contributed by atoms with Gasteiger partial charge in [0.2, 0.25) is 5.91 Å². The number of aliphatic hydroxyl groups excluding tert-OH is 1. The first-order valence-electron chi connectivity index (χ1n) is 6.03. The molecule has 0 unspecified atom stereocenters. The third-order valence-corrected chi connectivity index (χ3v) is 2.87. The molecule has 0 bridgehead atoms. The van der Waals surface area contributed by atoms with Gasteiger partial charge in [-0.3, -0.25) is 4.79 Å². The molecule has 0 spiro atoms. The van der Waals surface area contributed by atoms with Crippen LogP contribution in [-0.2, 0) is 4.79 Å². The Bertz CT molecular complexity index is 357. The molecular weight excluding hydrogens is 214 g/mol. The van der Waals surface area contributed by atoms with Crippen LogP contribution >= 0.6 is 0 Å². The van der Waals surface area contributed by atoms with Gasteiger partial charge in [-0.1, -0.05) is 26.0 Å². The van der Waals surface area contributed by atoms with Crippen molar-refractivity contribution in [3.63, 3.8) is 0 Å². The molecule has 3 heteroatoms. The second kappa shape index (κ2) is 6.40. The lowest BCUT2D eigenvalue weighted by Crippen LogP contribution is -2.26. The van der Waals surface area contributed by atoms with Crippen LogP contribution in [0.5, 0.6) is 0 Å². The third kappa shape index (κ3) is 3.86. The Morgan fingerprint density at radius 2 is 1.88 bits per heavy atom. The number of hydrogen-bond donors (Lipinski definition) is 1. The molecule has 1 rings (SSSR count). The van der Waals surface area contributed by atoms with Crippen LogP contribution in [0, 0.1) is 0 Å². The van der Waals surface area contributed by atoms with E-state index in [9.17, 15) is 4.79 Å². The average molecular weight is 235 g/mol. The zero-order valence-electron chi connectivity index (χ0n) is 10.8. The molecule has 1 aromatic carbocycles. The lowest BCUT2D eigenvalue weighted by Gasteiger charge is -2.18. The van der Waals surface area contributed by atoms with Gasteiger partial charge in [-0.25, -0.2) is 0 Å². The highest BCUT2D eigenvalue weighted by atomic mass is 16.3. The molecule has 17 heavy (non-hydrogen) atoms. The number of carbonyl (C=O) groups is 1. The first-order chi connectivity index (χ1) is 8.06. The molecule has 0 radical (unpaired) electrons. The van der Waals surface area contributed by atoms with Crippen LogP contribution < -0.4 is 4.90 Å². The summed E-state index contributed by atoms with van der Waals surface area (Å²) in [5, 5.41) is 8.69. The number of rotatable bonds is 5. The van der Waals surface area contributed by atoms with Crippen molar-refractivity contribution in [2.75, 3.05) is 18.6 Å². The van der Waals surface area contributed by atoms with Gasteiger partial charge in [-0.15, -0.1) is 0 Å². The van der Waals surface area contributed by atoms with Crippen LogP contribution in [0.4, 0.5) is 5.69 Å². The number of benzene rings is 1. The third-order valence-electron chi connectivity index (χ3n) is 2.87. The molecule has 3 nitrogen and oxygen atoms in total. The Hall–Kier alpha value is -1.35. The van der Waals surface area contributed by atoms with Crippen molar-refractivity contribution >= 4 is 11.6 Å². The van der Waals surface area contributed by atoms with Crippen LogP contribution in [-0.4, -0.2) is 24.7 Å². The van der Waals surface area contributed by atoms with E-state index in [1.165, 1.54) is 5.56 Å². The fourth-order valence-electron chi connectivity index (χ4n) is 1.62. The van der Waals surface area contributed by atoms with Crippen molar-refractivity contribution in [2.45, 2.75) is 32.6 Å². The lowest BCUT2D eigenvalue weighted by atomic mass is 10.0. The number of anilines is 1. The number of carbonyl (C=O) groups excluding carboxylic acids is 1. The van der Waals surface area contributed by atoms with Crippen LogP contribution in [0.15, 0.2) is 24.3 Å². The Kier molecular flexibility index (Phi) is 5.16. The van der Waals surface area contributed by atoms with Crippen molar-refractivity contribution in [3.05, 3.63) is 29.8 Å². The van der Waals surface area contributed by atoms with Crippen molar-refractivity contribution in [2.24, 2.45) is 0 Å². The zero-order valence-corrected chi connectivity index (χ0v) is 10.8. The molecule has 94 valence electrons. The maximum Gasteiger partial charge on any atom is 0.226 e. The molecule has 1 aromatic rings. The van der Waals surface area contributed by atoms with E-state index >= 15 is 0 Å². The number of hydrogen-bond acceptors (Lipinski definition) is 2. The summed E-state index contributed by atoms with van der Waals surface area (Å²) < 4.78 is 0. The minimum Gasteiger partial charge on any atom is -0.396 e. The molecule has 0 saturated carbocycles. The summed E-state index contributed by atoms with van der Waals surface area (Å²) in [6, 6.07) is 8.03. The van der Waals surface area contributed by atoms with Gasteiger partial charge in [0.05, 0.1) is 0 Å². The van der Waals surface area contributed by atoms with E-state index in [1.807, 2.05) is 12.1 Å². The smallest absolute Gasteiger partial charge is 0.226 e. The summed E-state index contributed by atoms with van der Waals surface area (Å²) in [4.78, 5) is 13.4. The maximum absolute atomic E-state index is 11.7. The predicted octanol–water partition coefficient (Wildman–Crippen LogP) is 2.55. The Morgan fingerprint density at radius 3 is 2.35 bits per heavy atom. The zero-order chi connectivity index (χ0) is 12.8. The van der Waals surface area contributed by atoms with E-state index in [0.29, 0.717) is 18.8 Å². The molecule has 0 aromatic heterocycles. The normalized spacial score (nSPS) is 10.6. The first kappa shape index (κ1) is 13.7. The number of aliphatic hydroxyl groups is 1. The van der Waals surface area contributed by atoms with E-state index in [2.05, 4.69) is 26.0 Å². The summed E-state index contributed by atoms with van der Waals surface area (Å²) in [5.41, 5.74) is 2.17. The standard InChI is InChI=1S/C14H21NO2/c1-11(2)12-6-8-13(9-7-12)15(3)14(17)5-4-10-16/h6-9,11,16H,4-5,10H2,1-3H3. The molecule has 0 aliphatic carbocycles. The highest BCUT2D eigenvalue weighted by Crippen LogP contribution is 2.19. The molecule has 0 aliphatic heterocycles. The molecule has 1 N–H and O–H groups in total. The lowest BCUT2D eigenvalue weighted by molar-refractivity contribution is -0.118. The summed E-state index contributed by atoms with van der Waals surface area (Å²) in [7, 11) is 1.77. The summed E-state index contributed by atoms with van der Waals surface area (Å²) in [6.45, 7) is 4.35. The van der Waals surface area contributed by atoms with Gasteiger partial charge in [0.25, 0.3) is 0 Å². The minimum atomic E-state index is 0.0383. The summed E-state index contributed by atoms with van der Waals surface area (Å²) in [6.07, 6.45) is 0.909. The molecule has 0 fully saturated rings. The average Bonchev–Trinajstić information content (AvgIpc) is 2.35. The van der Waals surface area contributed by atoms with Crippen LogP contribution in [0.2, 0.25) is 0 Å². The number of nitrogens with zero attached hydrogens (tertiary/aromatic N) is 1. The van der Waals surface area contributed by atoms with Crippen molar-refractivity contribution in [1.82, 2.24) is 0 Å². The molecular formula is C14H21NO2. The van der Waals surface area contributed by atoms with Crippen molar-refractivity contribution in [1.29, 1.82) is 0 Å². The van der Waals surface area contributed by atoms with Gasteiger partial charge in [0.15, 0.2) is 0 Å². The van der Waals surface area contributed by atoms with Gasteiger partial charge in [-0.05, 0) is 30.0 Å². The largest absolute Gasteiger partial charge is 0.396 e. The fourth-order valence-corrected chi connectivity index (χ4v) is 1.62.